The quantitative estimate of drug-likeness (QED) is 0.784. The number of carbonyl (C=O) groups excluding carboxylic acids is 1. The highest BCUT2D eigenvalue weighted by atomic mass is 16.2. The van der Waals surface area contributed by atoms with Crippen molar-refractivity contribution in [3.8, 4) is 0 Å². The van der Waals surface area contributed by atoms with Crippen LogP contribution in [0.3, 0.4) is 0 Å². The van der Waals surface area contributed by atoms with E-state index in [9.17, 15) is 4.79 Å². The standard InChI is InChI=1S/C22H33N3O/c26-22(12-16-23-13-6-1-2-7-14-23)25-19-17-24(18-20-25)15-8-11-21-9-4-3-5-10-21/h3-5,8-11H,1-2,6-7,12-20H2/b11-8+. The minimum absolute atomic E-state index is 0.341. The Labute approximate surface area is 158 Å². The summed E-state index contributed by atoms with van der Waals surface area (Å²) in [4.78, 5) is 19.5. The molecular formula is C22H33N3O. The molecule has 0 spiro atoms. The van der Waals surface area contributed by atoms with Gasteiger partial charge in [0.25, 0.3) is 0 Å². The Morgan fingerprint density at radius 2 is 1.54 bits per heavy atom. The van der Waals surface area contributed by atoms with Crippen LogP contribution < -0.4 is 0 Å². The number of amides is 1. The summed E-state index contributed by atoms with van der Waals surface area (Å²) in [5, 5.41) is 0. The number of likely N-dealkylation sites (tertiary alicyclic amines) is 1. The van der Waals surface area contributed by atoms with Crippen LogP contribution in [0.15, 0.2) is 36.4 Å². The van der Waals surface area contributed by atoms with Crippen molar-refractivity contribution in [1.29, 1.82) is 0 Å². The van der Waals surface area contributed by atoms with Gasteiger partial charge in [0.15, 0.2) is 0 Å². The van der Waals surface area contributed by atoms with Crippen molar-refractivity contribution in [2.24, 2.45) is 0 Å². The highest BCUT2D eigenvalue weighted by molar-refractivity contribution is 5.76. The molecule has 2 fully saturated rings. The monoisotopic (exact) mass is 355 g/mol. The number of hydrogen-bond donors (Lipinski definition) is 0. The van der Waals surface area contributed by atoms with Crippen LogP contribution in [0.25, 0.3) is 6.08 Å². The van der Waals surface area contributed by atoms with Gasteiger partial charge in [0.1, 0.15) is 0 Å². The van der Waals surface area contributed by atoms with E-state index >= 15 is 0 Å². The summed E-state index contributed by atoms with van der Waals surface area (Å²) in [7, 11) is 0. The van der Waals surface area contributed by atoms with Gasteiger partial charge >= 0.3 is 0 Å². The zero-order chi connectivity index (χ0) is 18.0. The minimum atomic E-state index is 0.341. The molecule has 26 heavy (non-hydrogen) atoms. The molecule has 0 unspecified atom stereocenters. The fraction of sp³-hybridized carbons (Fsp3) is 0.591. The molecule has 2 aliphatic heterocycles. The number of benzene rings is 1. The summed E-state index contributed by atoms with van der Waals surface area (Å²) in [6.07, 6.45) is 10.4. The summed E-state index contributed by atoms with van der Waals surface area (Å²) in [6, 6.07) is 10.4. The fourth-order valence-electron chi connectivity index (χ4n) is 3.85. The highest BCUT2D eigenvalue weighted by Gasteiger charge is 2.21. The number of nitrogens with zero attached hydrogens (tertiary/aromatic N) is 3. The predicted molar refractivity (Wildman–Crippen MR) is 108 cm³/mol. The molecule has 4 heteroatoms. The van der Waals surface area contributed by atoms with E-state index in [1.165, 1.54) is 44.3 Å². The van der Waals surface area contributed by atoms with E-state index in [1.807, 2.05) is 6.07 Å². The minimum Gasteiger partial charge on any atom is -0.340 e. The van der Waals surface area contributed by atoms with Gasteiger partial charge in [-0.25, -0.2) is 0 Å². The first-order valence-electron chi connectivity index (χ1n) is 10.3. The van der Waals surface area contributed by atoms with Crippen LogP contribution in [0.1, 0.15) is 37.7 Å². The van der Waals surface area contributed by atoms with Crippen molar-refractivity contribution in [2.75, 3.05) is 52.4 Å². The van der Waals surface area contributed by atoms with Gasteiger partial charge in [0.05, 0.1) is 0 Å². The Bertz CT molecular complexity index is 556. The molecule has 0 bridgehead atoms. The summed E-state index contributed by atoms with van der Waals surface area (Å²) >= 11 is 0. The lowest BCUT2D eigenvalue weighted by Gasteiger charge is -2.34. The first kappa shape index (κ1) is 19.1. The van der Waals surface area contributed by atoms with E-state index in [-0.39, 0.29) is 0 Å². The fourth-order valence-corrected chi connectivity index (χ4v) is 3.85. The molecule has 1 aromatic rings. The molecule has 2 saturated heterocycles. The Balaban J connectivity index is 1.33. The topological polar surface area (TPSA) is 26.8 Å². The van der Waals surface area contributed by atoms with Gasteiger partial charge in [-0.05, 0) is 31.5 Å². The second-order valence-corrected chi connectivity index (χ2v) is 7.50. The van der Waals surface area contributed by atoms with Crippen molar-refractivity contribution in [1.82, 2.24) is 14.7 Å². The summed E-state index contributed by atoms with van der Waals surface area (Å²) in [5.41, 5.74) is 1.25. The lowest BCUT2D eigenvalue weighted by atomic mass is 10.2. The molecule has 2 aliphatic rings. The lowest BCUT2D eigenvalue weighted by Crippen LogP contribution is -2.49. The maximum atomic E-state index is 12.5. The van der Waals surface area contributed by atoms with Crippen LogP contribution in [-0.2, 0) is 4.79 Å². The van der Waals surface area contributed by atoms with Crippen molar-refractivity contribution < 1.29 is 4.79 Å². The van der Waals surface area contributed by atoms with E-state index in [0.717, 1.165) is 39.3 Å². The third-order valence-corrected chi connectivity index (χ3v) is 5.54. The molecule has 2 heterocycles. The second-order valence-electron chi connectivity index (χ2n) is 7.50. The third-order valence-electron chi connectivity index (χ3n) is 5.54. The lowest BCUT2D eigenvalue weighted by molar-refractivity contribution is -0.133. The van der Waals surface area contributed by atoms with Crippen molar-refractivity contribution in [2.45, 2.75) is 32.1 Å². The van der Waals surface area contributed by atoms with Crippen LogP contribution in [0, 0.1) is 0 Å². The Kier molecular flexibility index (Phi) is 7.71. The first-order chi connectivity index (χ1) is 12.8. The van der Waals surface area contributed by atoms with E-state index in [2.05, 4.69) is 51.1 Å². The predicted octanol–water partition coefficient (Wildman–Crippen LogP) is 3.11. The summed E-state index contributed by atoms with van der Waals surface area (Å²) < 4.78 is 0. The number of rotatable bonds is 6. The van der Waals surface area contributed by atoms with Crippen molar-refractivity contribution >= 4 is 12.0 Å². The second kappa shape index (κ2) is 10.5. The average Bonchev–Trinajstić information content (AvgIpc) is 2.96. The maximum absolute atomic E-state index is 12.5. The number of piperazine rings is 1. The molecule has 3 rings (SSSR count). The van der Waals surface area contributed by atoms with Crippen LogP contribution >= 0.6 is 0 Å². The average molecular weight is 356 g/mol. The zero-order valence-electron chi connectivity index (χ0n) is 16.0. The van der Waals surface area contributed by atoms with Gasteiger partial charge in [-0.3, -0.25) is 9.69 Å². The Morgan fingerprint density at radius 1 is 0.846 bits per heavy atom. The first-order valence-corrected chi connectivity index (χ1v) is 10.3. The SMILES string of the molecule is O=C(CCN1CCCCCC1)N1CCN(C/C=C/c2ccccc2)CC1. The van der Waals surface area contributed by atoms with E-state index in [4.69, 9.17) is 0 Å². The maximum Gasteiger partial charge on any atom is 0.223 e. The van der Waals surface area contributed by atoms with Gasteiger partial charge in [-0.2, -0.15) is 0 Å². The highest BCUT2D eigenvalue weighted by Crippen LogP contribution is 2.11. The molecule has 0 aliphatic carbocycles. The van der Waals surface area contributed by atoms with Gasteiger partial charge < -0.3 is 9.80 Å². The normalized spacial score (nSPS) is 20.4. The van der Waals surface area contributed by atoms with Crippen molar-refractivity contribution in [3.63, 3.8) is 0 Å². The smallest absolute Gasteiger partial charge is 0.223 e. The molecule has 4 nitrogen and oxygen atoms in total. The largest absolute Gasteiger partial charge is 0.340 e. The molecule has 0 atom stereocenters. The van der Waals surface area contributed by atoms with Crippen LogP contribution in [0.2, 0.25) is 0 Å². The van der Waals surface area contributed by atoms with Crippen LogP contribution in [0.5, 0.6) is 0 Å². The summed E-state index contributed by atoms with van der Waals surface area (Å²) in [6.45, 7) is 7.96. The van der Waals surface area contributed by atoms with Crippen LogP contribution in [0.4, 0.5) is 0 Å². The molecule has 0 N–H and O–H groups in total. The van der Waals surface area contributed by atoms with E-state index < -0.39 is 0 Å². The molecule has 0 radical (unpaired) electrons. The van der Waals surface area contributed by atoms with Gasteiger partial charge in [0, 0.05) is 45.7 Å². The molecular weight excluding hydrogens is 322 g/mol. The molecule has 1 amide bonds. The number of carbonyl (C=O) groups is 1. The molecule has 0 aromatic heterocycles. The molecule has 1 aromatic carbocycles. The summed E-state index contributed by atoms with van der Waals surface area (Å²) in [5.74, 6) is 0.341. The van der Waals surface area contributed by atoms with Crippen molar-refractivity contribution in [3.05, 3.63) is 42.0 Å². The van der Waals surface area contributed by atoms with Gasteiger partial charge in [-0.1, -0.05) is 55.3 Å². The van der Waals surface area contributed by atoms with Gasteiger partial charge in [-0.15, -0.1) is 0 Å². The van der Waals surface area contributed by atoms with E-state index in [1.54, 1.807) is 0 Å². The van der Waals surface area contributed by atoms with E-state index in [0.29, 0.717) is 12.3 Å². The van der Waals surface area contributed by atoms with Crippen LogP contribution in [-0.4, -0.2) is 73.0 Å². The van der Waals surface area contributed by atoms with Gasteiger partial charge in [0.2, 0.25) is 5.91 Å². The third kappa shape index (κ3) is 6.26. The zero-order valence-corrected chi connectivity index (χ0v) is 16.0. The Morgan fingerprint density at radius 3 is 2.23 bits per heavy atom. The number of hydrogen-bond acceptors (Lipinski definition) is 3. The Hall–Kier alpha value is -1.65. The molecule has 0 saturated carbocycles. The molecule has 142 valence electrons.